The van der Waals surface area contributed by atoms with E-state index >= 15 is 0 Å². The maximum atomic E-state index is 9.74. The Hall–Kier alpha value is -3.90. The fourth-order valence-corrected chi connectivity index (χ4v) is 4.08. The fourth-order valence-electron chi connectivity index (χ4n) is 4.08. The predicted molar refractivity (Wildman–Crippen MR) is 135 cm³/mol. The molecule has 0 aliphatic carbocycles. The molecule has 0 amide bonds. The topological polar surface area (TPSA) is 74.0 Å². The summed E-state index contributed by atoms with van der Waals surface area (Å²) in [5.41, 5.74) is 2.19. The number of azo groups is 1. The van der Waals surface area contributed by atoms with Gasteiger partial charge in [0.05, 0.1) is 6.10 Å². The van der Waals surface area contributed by atoms with E-state index in [1.54, 1.807) is 6.92 Å². The van der Waals surface area contributed by atoms with Gasteiger partial charge < -0.3 is 10.0 Å². The van der Waals surface area contributed by atoms with Gasteiger partial charge in [0.25, 0.3) is 0 Å². The molecular formula is C28H29N5O. The Morgan fingerprint density at radius 3 is 1.65 bits per heavy atom. The molecule has 0 aliphatic heterocycles. The molecule has 0 aliphatic rings. The van der Waals surface area contributed by atoms with Gasteiger partial charge in [-0.3, -0.25) is 0 Å². The van der Waals surface area contributed by atoms with E-state index in [1.165, 1.54) is 0 Å². The molecule has 1 atom stereocenters. The average molecular weight is 452 g/mol. The molecule has 4 aromatic rings. The molecule has 0 saturated carbocycles. The summed E-state index contributed by atoms with van der Waals surface area (Å²) < 4.78 is 0. The van der Waals surface area contributed by atoms with E-state index < -0.39 is 11.6 Å². The van der Waals surface area contributed by atoms with E-state index in [2.05, 4.69) is 51.7 Å². The highest BCUT2D eigenvalue weighted by atomic mass is 16.3. The molecule has 0 saturated heterocycles. The van der Waals surface area contributed by atoms with Crippen molar-refractivity contribution >= 4 is 11.6 Å². The number of hydrogen-bond donors (Lipinski definition) is 1. The van der Waals surface area contributed by atoms with E-state index in [9.17, 15) is 5.11 Å². The smallest absolute Gasteiger partial charge is 0.196 e. The van der Waals surface area contributed by atoms with Crippen LogP contribution in [0.2, 0.25) is 0 Å². The van der Waals surface area contributed by atoms with Gasteiger partial charge in [-0.15, -0.1) is 15.3 Å². The van der Waals surface area contributed by atoms with Crippen LogP contribution in [0.1, 0.15) is 30.5 Å². The van der Waals surface area contributed by atoms with Crippen LogP contribution in [0.25, 0.3) is 0 Å². The summed E-state index contributed by atoms with van der Waals surface area (Å²) in [5, 5.41) is 27.9. The van der Waals surface area contributed by atoms with Crippen LogP contribution in [0.5, 0.6) is 0 Å². The molecular weight excluding hydrogens is 422 g/mol. The number of aromatic nitrogens is 2. The lowest BCUT2D eigenvalue weighted by atomic mass is 9.78. The second-order valence-electron chi connectivity index (χ2n) is 8.15. The van der Waals surface area contributed by atoms with E-state index in [-0.39, 0.29) is 0 Å². The summed E-state index contributed by atoms with van der Waals surface area (Å²) in [4.78, 5) is 1.97. The zero-order valence-corrected chi connectivity index (χ0v) is 19.5. The van der Waals surface area contributed by atoms with Crippen molar-refractivity contribution in [1.82, 2.24) is 10.2 Å². The first-order valence-corrected chi connectivity index (χ1v) is 11.5. The molecule has 0 fully saturated rings. The summed E-state index contributed by atoms with van der Waals surface area (Å²) in [6, 6.07) is 34.2. The predicted octanol–water partition coefficient (Wildman–Crippen LogP) is 5.76. The van der Waals surface area contributed by atoms with Gasteiger partial charge >= 0.3 is 0 Å². The van der Waals surface area contributed by atoms with Crippen molar-refractivity contribution in [3.8, 4) is 0 Å². The number of likely N-dealkylation sites (N-methyl/N-ethyl adjacent to an activating group) is 1. The zero-order valence-electron chi connectivity index (χ0n) is 19.5. The highest BCUT2D eigenvalue weighted by Gasteiger charge is 2.36. The molecule has 0 spiro atoms. The molecule has 172 valence electrons. The highest BCUT2D eigenvalue weighted by molar-refractivity contribution is 5.50. The molecule has 1 unspecified atom stereocenters. The van der Waals surface area contributed by atoms with Crippen molar-refractivity contribution in [3.63, 3.8) is 0 Å². The summed E-state index contributed by atoms with van der Waals surface area (Å²) >= 11 is 0. The van der Waals surface area contributed by atoms with Crippen molar-refractivity contribution in [3.05, 3.63) is 120 Å². The maximum absolute atomic E-state index is 9.74. The second-order valence-corrected chi connectivity index (χ2v) is 8.15. The number of nitrogens with zero attached hydrogens (tertiary/aromatic N) is 5. The first-order valence-electron chi connectivity index (χ1n) is 11.5. The van der Waals surface area contributed by atoms with E-state index in [0.29, 0.717) is 18.2 Å². The van der Waals surface area contributed by atoms with Crippen LogP contribution in [0, 0.1) is 0 Å². The molecule has 3 aromatic carbocycles. The van der Waals surface area contributed by atoms with E-state index in [1.807, 2.05) is 78.6 Å². The highest BCUT2D eigenvalue weighted by Crippen LogP contribution is 2.41. The number of anilines is 1. The van der Waals surface area contributed by atoms with Crippen LogP contribution in [-0.4, -0.2) is 34.5 Å². The first kappa shape index (κ1) is 23.3. The number of rotatable bonds is 9. The van der Waals surface area contributed by atoms with Gasteiger partial charge in [0.1, 0.15) is 0 Å². The van der Waals surface area contributed by atoms with Crippen molar-refractivity contribution in [2.24, 2.45) is 10.2 Å². The molecule has 0 radical (unpaired) electrons. The Morgan fingerprint density at radius 2 is 1.26 bits per heavy atom. The van der Waals surface area contributed by atoms with Gasteiger partial charge in [-0.1, -0.05) is 91.0 Å². The molecule has 1 N–H and O–H groups in total. The third-order valence-corrected chi connectivity index (χ3v) is 5.70. The Balaban J connectivity index is 1.79. The standard InChI is InChI=1S/C28H29N5O/c1-3-33(21-22(2)34)27-20-19-26(29-31-27)30-32-28(23-13-7-4-8-14-23,24-15-9-5-10-16-24)25-17-11-6-12-18-25/h4-20,22,34H,3,21H2,1-2H3/b32-30+. The monoisotopic (exact) mass is 451 g/mol. The third kappa shape index (κ3) is 5.02. The number of aliphatic hydroxyl groups excluding tert-OH is 1. The Bertz CT molecular complexity index is 1080. The first-order chi connectivity index (χ1) is 16.6. The molecule has 34 heavy (non-hydrogen) atoms. The van der Waals surface area contributed by atoms with Crippen LogP contribution in [0.15, 0.2) is 113 Å². The molecule has 6 heteroatoms. The van der Waals surface area contributed by atoms with Gasteiger partial charge in [-0.25, -0.2) is 0 Å². The maximum Gasteiger partial charge on any atom is 0.196 e. The Morgan fingerprint density at radius 1 is 0.765 bits per heavy atom. The molecule has 1 heterocycles. The van der Waals surface area contributed by atoms with Gasteiger partial charge in [-0.2, -0.15) is 5.11 Å². The van der Waals surface area contributed by atoms with Crippen molar-refractivity contribution in [2.45, 2.75) is 25.5 Å². The SMILES string of the molecule is CCN(CC(C)O)c1ccc(/N=N/C(c2ccccc2)(c2ccccc2)c2ccccc2)nn1. The summed E-state index contributed by atoms with van der Waals surface area (Å²) in [6.07, 6.45) is -0.454. The second kappa shape index (κ2) is 10.8. The zero-order chi connectivity index (χ0) is 23.8. The van der Waals surface area contributed by atoms with Crippen LogP contribution >= 0.6 is 0 Å². The van der Waals surface area contributed by atoms with E-state index in [0.717, 1.165) is 23.2 Å². The molecule has 6 nitrogen and oxygen atoms in total. The van der Waals surface area contributed by atoms with E-state index in [4.69, 9.17) is 5.11 Å². The van der Waals surface area contributed by atoms with Gasteiger partial charge in [-0.05, 0) is 42.7 Å². The third-order valence-electron chi connectivity index (χ3n) is 5.70. The van der Waals surface area contributed by atoms with Crippen LogP contribution in [-0.2, 0) is 5.54 Å². The van der Waals surface area contributed by atoms with Crippen LogP contribution in [0.3, 0.4) is 0 Å². The summed E-state index contributed by atoms with van der Waals surface area (Å²) in [7, 11) is 0. The van der Waals surface area contributed by atoms with Crippen molar-refractivity contribution in [1.29, 1.82) is 0 Å². The fraction of sp³-hybridized carbons (Fsp3) is 0.214. The number of aliphatic hydroxyl groups is 1. The normalized spacial score (nSPS) is 12.6. The summed E-state index contributed by atoms with van der Waals surface area (Å²) in [5.74, 6) is 1.12. The van der Waals surface area contributed by atoms with Crippen LogP contribution in [0.4, 0.5) is 11.6 Å². The van der Waals surface area contributed by atoms with Gasteiger partial charge in [0, 0.05) is 13.1 Å². The lowest BCUT2D eigenvalue weighted by Crippen LogP contribution is -2.31. The number of benzene rings is 3. The van der Waals surface area contributed by atoms with Crippen LogP contribution < -0.4 is 4.90 Å². The summed E-state index contributed by atoms with van der Waals surface area (Å²) in [6.45, 7) is 4.99. The van der Waals surface area contributed by atoms with Gasteiger partial charge in [0.2, 0.25) is 0 Å². The molecule has 1 aromatic heterocycles. The minimum absolute atomic E-state index is 0.420. The molecule has 4 rings (SSSR count). The lowest BCUT2D eigenvalue weighted by molar-refractivity contribution is 0.200. The van der Waals surface area contributed by atoms with Gasteiger partial charge in [0.15, 0.2) is 17.2 Å². The minimum atomic E-state index is -0.841. The Labute approximate surface area is 200 Å². The largest absolute Gasteiger partial charge is 0.392 e. The Kier molecular flexibility index (Phi) is 7.40. The average Bonchev–Trinajstić information content (AvgIpc) is 2.90. The minimum Gasteiger partial charge on any atom is -0.392 e. The van der Waals surface area contributed by atoms with Crippen molar-refractivity contribution < 1.29 is 5.11 Å². The lowest BCUT2D eigenvalue weighted by Gasteiger charge is -2.30. The number of hydrogen-bond acceptors (Lipinski definition) is 6. The molecule has 0 bridgehead atoms. The quantitative estimate of drug-likeness (QED) is 0.259. The van der Waals surface area contributed by atoms with Crippen molar-refractivity contribution in [2.75, 3.05) is 18.0 Å².